The molecule has 0 radical (unpaired) electrons. The summed E-state index contributed by atoms with van der Waals surface area (Å²) in [6, 6.07) is 4.86. The van der Waals surface area contributed by atoms with Crippen molar-refractivity contribution < 1.29 is 41.0 Å². The third-order valence-electron chi connectivity index (χ3n) is 4.14. The molecule has 0 saturated carbocycles. The second kappa shape index (κ2) is 8.56. The Labute approximate surface area is 167 Å². The Morgan fingerprint density at radius 2 is 1.83 bits per heavy atom. The Hall–Kier alpha value is -3.37. The number of hydrogen-bond donors (Lipinski definition) is 2. The van der Waals surface area contributed by atoms with E-state index in [9.17, 15) is 31.5 Å². The normalized spacial score (nSPS) is 16.6. The van der Waals surface area contributed by atoms with Crippen LogP contribution in [0.25, 0.3) is 0 Å². The first-order valence-corrected chi connectivity index (χ1v) is 8.71. The van der Waals surface area contributed by atoms with Crippen LogP contribution < -0.4 is 20.1 Å². The molecule has 0 aromatic heterocycles. The number of nitrogens with one attached hydrogen (secondary N) is 2. The van der Waals surface area contributed by atoms with Crippen LogP contribution in [-0.4, -0.2) is 30.8 Å². The molecule has 1 aliphatic rings. The highest BCUT2D eigenvalue weighted by Crippen LogP contribution is 2.33. The Morgan fingerprint density at radius 1 is 1.13 bits per heavy atom. The monoisotopic (exact) mass is 430 g/mol. The van der Waals surface area contributed by atoms with Crippen molar-refractivity contribution in [2.45, 2.75) is 25.2 Å². The third-order valence-corrected chi connectivity index (χ3v) is 4.14. The first kappa shape index (κ1) is 21.3. The molecule has 1 atom stereocenters. The summed E-state index contributed by atoms with van der Waals surface area (Å²) in [6.45, 7) is 0.310. The smallest absolute Gasteiger partial charge is 0.450 e. The minimum atomic E-state index is -5.02. The van der Waals surface area contributed by atoms with Gasteiger partial charge in [-0.25, -0.2) is 8.78 Å². The second-order valence-corrected chi connectivity index (χ2v) is 6.37. The van der Waals surface area contributed by atoms with Crippen molar-refractivity contribution in [1.29, 1.82) is 0 Å². The van der Waals surface area contributed by atoms with Gasteiger partial charge in [-0.15, -0.1) is 13.2 Å². The topological polar surface area (TPSA) is 76.7 Å². The van der Waals surface area contributed by atoms with Gasteiger partial charge < -0.3 is 20.1 Å². The molecule has 160 valence electrons. The summed E-state index contributed by atoms with van der Waals surface area (Å²) in [5.41, 5.74) is -0.453. The van der Waals surface area contributed by atoms with E-state index in [0.29, 0.717) is 13.0 Å². The van der Waals surface area contributed by atoms with Gasteiger partial charge in [-0.3, -0.25) is 9.59 Å². The lowest BCUT2D eigenvalue weighted by Crippen LogP contribution is -2.45. The number of piperidine rings is 1. The predicted molar refractivity (Wildman–Crippen MR) is 93.1 cm³/mol. The van der Waals surface area contributed by atoms with Crippen LogP contribution in [0.2, 0.25) is 0 Å². The summed E-state index contributed by atoms with van der Waals surface area (Å²) >= 11 is 0. The average molecular weight is 430 g/mol. The number of para-hydroxylation sites is 1. The van der Waals surface area contributed by atoms with E-state index in [0.717, 1.165) is 36.4 Å². The summed E-state index contributed by atoms with van der Waals surface area (Å²) in [5.74, 6) is -5.28. The molecule has 2 aromatic rings. The summed E-state index contributed by atoms with van der Waals surface area (Å²) in [4.78, 5) is 24.1. The lowest BCUT2D eigenvalue weighted by atomic mass is 10.0. The molecular weight excluding hydrogens is 415 g/mol. The van der Waals surface area contributed by atoms with E-state index >= 15 is 0 Å². The molecule has 1 aliphatic heterocycles. The first-order valence-electron chi connectivity index (χ1n) is 8.71. The van der Waals surface area contributed by atoms with Crippen LogP contribution in [0.5, 0.6) is 17.2 Å². The zero-order chi connectivity index (χ0) is 21.9. The van der Waals surface area contributed by atoms with Gasteiger partial charge in [0.2, 0.25) is 5.91 Å². The van der Waals surface area contributed by atoms with E-state index < -0.39 is 52.8 Å². The van der Waals surface area contributed by atoms with Crippen LogP contribution in [0.3, 0.4) is 0 Å². The molecule has 30 heavy (non-hydrogen) atoms. The van der Waals surface area contributed by atoms with Crippen LogP contribution in [0.4, 0.5) is 22.0 Å². The van der Waals surface area contributed by atoms with Crippen molar-refractivity contribution in [3.8, 4) is 17.2 Å². The van der Waals surface area contributed by atoms with Crippen LogP contribution in [0.1, 0.15) is 23.2 Å². The fraction of sp³-hybridized carbons (Fsp3) is 0.263. The van der Waals surface area contributed by atoms with E-state index in [-0.39, 0.29) is 12.3 Å². The van der Waals surface area contributed by atoms with Crippen molar-refractivity contribution >= 4 is 11.8 Å². The molecular formula is C19H15F5N2O4. The van der Waals surface area contributed by atoms with E-state index in [2.05, 4.69) is 15.4 Å². The summed E-state index contributed by atoms with van der Waals surface area (Å²) < 4.78 is 74.4. The fourth-order valence-corrected chi connectivity index (χ4v) is 2.83. The maximum absolute atomic E-state index is 13.9. The summed E-state index contributed by atoms with van der Waals surface area (Å²) in [7, 11) is 0. The van der Waals surface area contributed by atoms with Gasteiger partial charge in [-0.1, -0.05) is 6.07 Å². The SMILES string of the molecule is O=C1CC(NC(=O)c2cc(OC(F)(F)F)ccc2Oc2c(F)cccc2F)CCN1. The summed E-state index contributed by atoms with van der Waals surface area (Å²) in [6.07, 6.45) is -4.65. The van der Waals surface area contributed by atoms with E-state index in [1.807, 2.05) is 0 Å². The molecule has 0 spiro atoms. The van der Waals surface area contributed by atoms with Gasteiger partial charge in [0.1, 0.15) is 11.5 Å². The van der Waals surface area contributed by atoms with Crippen LogP contribution >= 0.6 is 0 Å². The van der Waals surface area contributed by atoms with E-state index in [1.54, 1.807) is 0 Å². The van der Waals surface area contributed by atoms with Crippen molar-refractivity contribution in [2.75, 3.05) is 6.54 Å². The minimum absolute atomic E-state index is 0.0252. The second-order valence-electron chi connectivity index (χ2n) is 6.37. The largest absolute Gasteiger partial charge is 0.573 e. The molecule has 0 aliphatic carbocycles. The fourth-order valence-electron chi connectivity index (χ4n) is 2.83. The van der Waals surface area contributed by atoms with Crippen molar-refractivity contribution in [3.63, 3.8) is 0 Å². The Bertz CT molecular complexity index is 944. The quantitative estimate of drug-likeness (QED) is 0.710. The van der Waals surface area contributed by atoms with Gasteiger partial charge in [-0.2, -0.15) is 0 Å². The maximum Gasteiger partial charge on any atom is 0.573 e. The number of alkyl halides is 3. The number of benzene rings is 2. The molecule has 6 nitrogen and oxygen atoms in total. The zero-order valence-electron chi connectivity index (χ0n) is 15.2. The molecule has 1 saturated heterocycles. The standard InChI is InChI=1S/C19H15F5N2O4/c20-13-2-1-3-14(21)17(13)29-15-5-4-11(30-19(22,23)24)9-12(15)18(28)26-10-6-7-25-16(27)8-10/h1-5,9-10H,6-8H2,(H,25,27)(H,26,28). The highest BCUT2D eigenvalue weighted by Gasteiger charge is 2.32. The van der Waals surface area contributed by atoms with Crippen molar-refractivity contribution in [1.82, 2.24) is 10.6 Å². The Balaban J connectivity index is 1.93. The van der Waals surface area contributed by atoms with Crippen molar-refractivity contribution in [2.24, 2.45) is 0 Å². The van der Waals surface area contributed by atoms with Gasteiger partial charge in [0, 0.05) is 19.0 Å². The molecule has 1 unspecified atom stereocenters. The van der Waals surface area contributed by atoms with Gasteiger partial charge in [0.25, 0.3) is 5.91 Å². The highest BCUT2D eigenvalue weighted by molar-refractivity contribution is 5.98. The van der Waals surface area contributed by atoms with Crippen LogP contribution in [-0.2, 0) is 4.79 Å². The number of rotatable bonds is 5. The number of amides is 2. The highest BCUT2D eigenvalue weighted by atomic mass is 19.4. The molecule has 1 heterocycles. The van der Waals surface area contributed by atoms with E-state index in [1.165, 1.54) is 0 Å². The number of ether oxygens (including phenoxy) is 2. The molecule has 0 bridgehead atoms. The maximum atomic E-state index is 13.9. The summed E-state index contributed by atoms with van der Waals surface area (Å²) in [5, 5.41) is 5.08. The van der Waals surface area contributed by atoms with Crippen molar-refractivity contribution in [3.05, 3.63) is 53.6 Å². The van der Waals surface area contributed by atoms with E-state index in [4.69, 9.17) is 4.74 Å². The molecule has 1 fully saturated rings. The molecule has 2 aromatic carbocycles. The Kier molecular flexibility index (Phi) is 6.09. The van der Waals surface area contributed by atoms with Gasteiger partial charge >= 0.3 is 6.36 Å². The van der Waals surface area contributed by atoms with Crippen LogP contribution in [0.15, 0.2) is 36.4 Å². The lowest BCUT2D eigenvalue weighted by molar-refractivity contribution is -0.274. The molecule has 3 rings (SSSR count). The number of hydrogen-bond acceptors (Lipinski definition) is 4. The first-order chi connectivity index (χ1) is 14.1. The lowest BCUT2D eigenvalue weighted by Gasteiger charge is -2.23. The minimum Gasteiger partial charge on any atom is -0.450 e. The third kappa shape index (κ3) is 5.37. The average Bonchev–Trinajstić information content (AvgIpc) is 2.64. The van der Waals surface area contributed by atoms with Gasteiger partial charge in [-0.05, 0) is 36.8 Å². The van der Waals surface area contributed by atoms with Crippen LogP contribution in [0, 0.1) is 11.6 Å². The van der Waals surface area contributed by atoms with Gasteiger partial charge in [0.15, 0.2) is 17.4 Å². The Morgan fingerprint density at radius 3 is 2.47 bits per heavy atom. The number of carbonyl (C=O) groups excluding carboxylic acids is 2. The molecule has 2 amide bonds. The number of carbonyl (C=O) groups is 2. The number of halogens is 5. The molecule has 11 heteroatoms. The van der Waals surface area contributed by atoms with Gasteiger partial charge in [0.05, 0.1) is 5.56 Å². The predicted octanol–water partition coefficient (Wildman–Crippen LogP) is 3.66. The molecule has 2 N–H and O–H groups in total. The zero-order valence-corrected chi connectivity index (χ0v) is 15.2.